The molecule has 0 unspecified atom stereocenters. The van der Waals surface area contributed by atoms with E-state index in [0.29, 0.717) is 0 Å². The lowest BCUT2D eigenvalue weighted by molar-refractivity contribution is -0.125. The number of nitrogens with one attached hydrogen (secondary N) is 1. The molecule has 2 rings (SSSR count). The van der Waals surface area contributed by atoms with E-state index in [1.165, 1.54) is 12.8 Å². The third-order valence-corrected chi connectivity index (χ3v) is 3.99. The van der Waals surface area contributed by atoms with Crippen LogP contribution in [0.2, 0.25) is 0 Å². The van der Waals surface area contributed by atoms with E-state index < -0.39 is 0 Å². The molecule has 16 heavy (non-hydrogen) atoms. The van der Waals surface area contributed by atoms with Gasteiger partial charge in [0.05, 0.1) is 0 Å². The van der Waals surface area contributed by atoms with Gasteiger partial charge in [0.25, 0.3) is 0 Å². The van der Waals surface area contributed by atoms with Crippen LogP contribution in [-0.4, -0.2) is 24.0 Å². The lowest BCUT2D eigenvalue weighted by atomic mass is 9.90. The molecule has 0 aromatic rings. The van der Waals surface area contributed by atoms with Gasteiger partial charge in [0.15, 0.2) is 0 Å². The highest BCUT2D eigenvalue weighted by Crippen LogP contribution is 2.25. The van der Waals surface area contributed by atoms with Gasteiger partial charge in [-0.3, -0.25) is 4.79 Å². The van der Waals surface area contributed by atoms with Crippen molar-refractivity contribution in [2.75, 3.05) is 0 Å². The Labute approximate surface area is 97.1 Å². The van der Waals surface area contributed by atoms with E-state index in [-0.39, 0.29) is 30.0 Å². The van der Waals surface area contributed by atoms with Crippen molar-refractivity contribution >= 4 is 5.91 Å². The summed E-state index contributed by atoms with van der Waals surface area (Å²) in [5.41, 5.74) is 11.8. The maximum absolute atomic E-state index is 12.0. The van der Waals surface area contributed by atoms with E-state index >= 15 is 0 Å². The van der Waals surface area contributed by atoms with Crippen molar-refractivity contribution in [1.29, 1.82) is 0 Å². The van der Waals surface area contributed by atoms with Crippen LogP contribution in [0.3, 0.4) is 0 Å². The zero-order valence-electron chi connectivity index (χ0n) is 9.82. The first-order valence-corrected chi connectivity index (χ1v) is 6.48. The second kappa shape index (κ2) is 5.15. The summed E-state index contributed by atoms with van der Waals surface area (Å²) in [5, 5.41) is 3.11. The first kappa shape index (κ1) is 11.9. The summed E-state index contributed by atoms with van der Waals surface area (Å²) in [6.07, 6.45) is 7.21. The number of amides is 1. The summed E-state index contributed by atoms with van der Waals surface area (Å²) in [5.74, 6) is 0.305. The fraction of sp³-hybridized carbons (Fsp3) is 0.917. The second-order valence-corrected chi connectivity index (χ2v) is 5.33. The molecule has 2 fully saturated rings. The van der Waals surface area contributed by atoms with Crippen molar-refractivity contribution in [1.82, 2.24) is 5.32 Å². The van der Waals surface area contributed by atoms with Crippen LogP contribution in [0.4, 0.5) is 0 Å². The fourth-order valence-corrected chi connectivity index (χ4v) is 2.89. The molecule has 0 aliphatic heterocycles. The Morgan fingerprint density at radius 3 is 2.44 bits per heavy atom. The lowest BCUT2D eigenvalue weighted by Crippen LogP contribution is -2.50. The molecule has 0 bridgehead atoms. The molecule has 92 valence electrons. The predicted octanol–water partition coefficient (Wildman–Crippen LogP) is 0.500. The SMILES string of the molecule is N[C@H]1CC[C@@H](C(=O)N[C@H]2CCCC[C@@H]2N)C1. The zero-order chi connectivity index (χ0) is 11.5. The van der Waals surface area contributed by atoms with E-state index in [2.05, 4.69) is 5.32 Å². The fourth-order valence-electron chi connectivity index (χ4n) is 2.89. The van der Waals surface area contributed by atoms with Crippen molar-refractivity contribution in [3.63, 3.8) is 0 Å². The van der Waals surface area contributed by atoms with Crippen LogP contribution >= 0.6 is 0 Å². The number of hydrogen-bond donors (Lipinski definition) is 3. The molecule has 4 nitrogen and oxygen atoms in total. The maximum atomic E-state index is 12.0. The molecular formula is C12H23N3O. The van der Waals surface area contributed by atoms with Crippen LogP contribution < -0.4 is 16.8 Å². The Morgan fingerprint density at radius 1 is 1.06 bits per heavy atom. The summed E-state index contributed by atoms with van der Waals surface area (Å²) in [6, 6.07) is 0.557. The maximum Gasteiger partial charge on any atom is 0.223 e. The molecule has 4 atom stereocenters. The van der Waals surface area contributed by atoms with Gasteiger partial charge in [0.2, 0.25) is 5.91 Å². The standard InChI is InChI=1S/C12H23N3O/c13-9-6-5-8(7-9)12(16)15-11-4-2-1-3-10(11)14/h8-11H,1-7,13-14H2,(H,15,16)/t8-,9+,10+,11+/m1/s1. The van der Waals surface area contributed by atoms with Gasteiger partial charge in [-0.1, -0.05) is 12.8 Å². The summed E-state index contributed by atoms with van der Waals surface area (Å²) in [6.45, 7) is 0. The van der Waals surface area contributed by atoms with Gasteiger partial charge in [0, 0.05) is 24.0 Å². The van der Waals surface area contributed by atoms with Crippen LogP contribution in [0.25, 0.3) is 0 Å². The Bertz CT molecular complexity index is 257. The number of rotatable bonds is 2. The van der Waals surface area contributed by atoms with Crippen LogP contribution in [0.1, 0.15) is 44.9 Å². The molecule has 1 amide bonds. The zero-order valence-corrected chi connectivity index (χ0v) is 9.82. The highest BCUT2D eigenvalue weighted by Gasteiger charge is 2.30. The van der Waals surface area contributed by atoms with E-state index in [1.54, 1.807) is 0 Å². The number of nitrogens with two attached hydrogens (primary N) is 2. The van der Waals surface area contributed by atoms with Gasteiger partial charge in [-0.05, 0) is 32.1 Å². The lowest BCUT2D eigenvalue weighted by Gasteiger charge is -2.30. The summed E-state index contributed by atoms with van der Waals surface area (Å²) in [7, 11) is 0. The first-order valence-electron chi connectivity index (χ1n) is 6.48. The monoisotopic (exact) mass is 225 g/mol. The van der Waals surface area contributed by atoms with Gasteiger partial charge < -0.3 is 16.8 Å². The molecule has 5 N–H and O–H groups in total. The van der Waals surface area contributed by atoms with Gasteiger partial charge in [-0.25, -0.2) is 0 Å². The first-order chi connectivity index (χ1) is 7.66. The molecule has 4 heteroatoms. The smallest absolute Gasteiger partial charge is 0.223 e. The Kier molecular flexibility index (Phi) is 3.82. The minimum atomic E-state index is 0.129. The molecule has 0 heterocycles. The van der Waals surface area contributed by atoms with Crippen molar-refractivity contribution in [3.05, 3.63) is 0 Å². The van der Waals surface area contributed by atoms with Gasteiger partial charge in [-0.15, -0.1) is 0 Å². The highest BCUT2D eigenvalue weighted by atomic mass is 16.2. The van der Waals surface area contributed by atoms with Crippen molar-refractivity contribution in [2.45, 2.75) is 63.1 Å². The van der Waals surface area contributed by atoms with E-state index in [1.807, 2.05) is 0 Å². The molecule has 2 aliphatic rings. The molecule has 0 saturated heterocycles. The topological polar surface area (TPSA) is 81.1 Å². The Morgan fingerprint density at radius 2 is 1.81 bits per heavy atom. The summed E-state index contributed by atoms with van der Waals surface area (Å²) in [4.78, 5) is 12.0. The third-order valence-electron chi connectivity index (χ3n) is 3.99. The highest BCUT2D eigenvalue weighted by molar-refractivity contribution is 5.79. The second-order valence-electron chi connectivity index (χ2n) is 5.33. The van der Waals surface area contributed by atoms with Crippen LogP contribution in [0, 0.1) is 5.92 Å². The average molecular weight is 225 g/mol. The molecule has 0 aromatic heterocycles. The van der Waals surface area contributed by atoms with Crippen LogP contribution in [0.15, 0.2) is 0 Å². The Balaban J connectivity index is 1.82. The average Bonchev–Trinajstić information content (AvgIpc) is 2.68. The minimum absolute atomic E-state index is 0.129. The van der Waals surface area contributed by atoms with Crippen molar-refractivity contribution in [2.24, 2.45) is 17.4 Å². The van der Waals surface area contributed by atoms with Crippen molar-refractivity contribution < 1.29 is 4.79 Å². The summed E-state index contributed by atoms with van der Waals surface area (Å²) >= 11 is 0. The molecule has 2 saturated carbocycles. The van der Waals surface area contributed by atoms with Crippen LogP contribution in [-0.2, 0) is 4.79 Å². The summed E-state index contributed by atoms with van der Waals surface area (Å²) < 4.78 is 0. The number of carbonyl (C=O) groups excluding carboxylic acids is 1. The number of carbonyl (C=O) groups is 1. The molecule has 0 radical (unpaired) electrons. The largest absolute Gasteiger partial charge is 0.352 e. The van der Waals surface area contributed by atoms with E-state index in [0.717, 1.165) is 32.1 Å². The molecule has 2 aliphatic carbocycles. The van der Waals surface area contributed by atoms with Crippen LogP contribution in [0.5, 0.6) is 0 Å². The van der Waals surface area contributed by atoms with E-state index in [9.17, 15) is 4.79 Å². The third kappa shape index (κ3) is 2.74. The molecule has 0 spiro atoms. The quantitative estimate of drug-likeness (QED) is 0.640. The normalized spacial score (nSPS) is 39.6. The molecule has 0 aromatic carbocycles. The molecular weight excluding hydrogens is 202 g/mol. The van der Waals surface area contributed by atoms with Gasteiger partial charge in [0.1, 0.15) is 0 Å². The van der Waals surface area contributed by atoms with Gasteiger partial charge >= 0.3 is 0 Å². The minimum Gasteiger partial charge on any atom is -0.352 e. The van der Waals surface area contributed by atoms with Crippen molar-refractivity contribution in [3.8, 4) is 0 Å². The van der Waals surface area contributed by atoms with Gasteiger partial charge in [-0.2, -0.15) is 0 Å². The number of hydrogen-bond acceptors (Lipinski definition) is 3. The predicted molar refractivity (Wildman–Crippen MR) is 63.7 cm³/mol. The van der Waals surface area contributed by atoms with E-state index in [4.69, 9.17) is 11.5 Å². The Hall–Kier alpha value is -0.610.